The Bertz CT molecular complexity index is 1370. The van der Waals surface area contributed by atoms with Crippen LogP contribution in [0.2, 0.25) is 0 Å². The standard InChI is InChI=1S/C27H32N4O5S.ClH/c1-17-16-36-27(33)31(17)21-7-8-22(24(14-21)37(2,34)35)26(32)30-11-9-29(10-12-30)25-23(19-5-6-19)13-20(15-28-25)18-3-4-18;/h7-8,13-15,17-19H,3-6,9-12,16H2,1-2H3;1H/t17-;/m0./s1. The molecule has 4 fully saturated rings. The van der Waals surface area contributed by atoms with Crippen LogP contribution in [0, 0.1) is 0 Å². The first-order valence-corrected chi connectivity index (χ1v) is 14.9. The van der Waals surface area contributed by atoms with Gasteiger partial charge in [0, 0.05) is 44.3 Å². The minimum atomic E-state index is -3.72. The number of piperazine rings is 1. The maximum absolute atomic E-state index is 13.5. The van der Waals surface area contributed by atoms with Gasteiger partial charge < -0.3 is 14.5 Å². The Labute approximate surface area is 229 Å². The number of sulfone groups is 1. The molecule has 3 heterocycles. The number of pyridine rings is 1. The number of rotatable bonds is 6. The molecular weight excluding hydrogens is 528 g/mol. The molecule has 9 nitrogen and oxygen atoms in total. The van der Waals surface area contributed by atoms with Crippen LogP contribution in [0.15, 0.2) is 35.4 Å². The van der Waals surface area contributed by atoms with Gasteiger partial charge in [-0.2, -0.15) is 0 Å². The summed E-state index contributed by atoms with van der Waals surface area (Å²) in [6.07, 6.45) is 7.51. The van der Waals surface area contributed by atoms with Crippen LogP contribution in [0.5, 0.6) is 0 Å². The number of benzene rings is 1. The largest absolute Gasteiger partial charge is 0.447 e. The topological polar surface area (TPSA) is 100 Å². The molecule has 0 spiro atoms. The number of aromatic nitrogens is 1. The van der Waals surface area contributed by atoms with Gasteiger partial charge in [0.05, 0.1) is 16.5 Å². The first-order chi connectivity index (χ1) is 17.7. The van der Waals surface area contributed by atoms with E-state index in [9.17, 15) is 18.0 Å². The fourth-order valence-electron chi connectivity index (χ4n) is 5.40. The molecule has 0 radical (unpaired) electrons. The van der Waals surface area contributed by atoms with Crippen molar-refractivity contribution in [3.8, 4) is 0 Å². The van der Waals surface area contributed by atoms with Crippen LogP contribution in [0.3, 0.4) is 0 Å². The molecule has 0 bridgehead atoms. The van der Waals surface area contributed by atoms with Crippen LogP contribution in [-0.4, -0.2) is 75.4 Å². The lowest BCUT2D eigenvalue weighted by atomic mass is 10.1. The van der Waals surface area contributed by atoms with Crippen molar-refractivity contribution in [3.63, 3.8) is 0 Å². The van der Waals surface area contributed by atoms with Crippen molar-refractivity contribution in [3.05, 3.63) is 47.2 Å². The van der Waals surface area contributed by atoms with Gasteiger partial charge >= 0.3 is 6.09 Å². The Morgan fingerprint density at radius 2 is 1.71 bits per heavy atom. The van der Waals surface area contributed by atoms with Crippen molar-refractivity contribution in [2.75, 3.05) is 48.8 Å². The molecule has 2 saturated carbocycles. The summed E-state index contributed by atoms with van der Waals surface area (Å²) in [4.78, 5) is 35.8. The van der Waals surface area contributed by atoms with Crippen LogP contribution >= 0.6 is 12.4 Å². The minimum absolute atomic E-state index is 0. The third-order valence-electron chi connectivity index (χ3n) is 7.81. The predicted molar refractivity (Wildman–Crippen MR) is 146 cm³/mol. The predicted octanol–water partition coefficient (Wildman–Crippen LogP) is 3.97. The number of nitrogens with zero attached hydrogens (tertiary/aromatic N) is 4. The Kier molecular flexibility index (Phi) is 7.06. The van der Waals surface area contributed by atoms with E-state index in [4.69, 9.17) is 9.72 Å². The molecule has 2 aliphatic heterocycles. The van der Waals surface area contributed by atoms with Crippen molar-refractivity contribution >= 4 is 45.7 Å². The van der Waals surface area contributed by atoms with E-state index in [1.54, 1.807) is 11.0 Å². The van der Waals surface area contributed by atoms with Crippen molar-refractivity contribution < 1.29 is 22.7 Å². The molecule has 1 atom stereocenters. The fraction of sp³-hybridized carbons (Fsp3) is 0.519. The highest BCUT2D eigenvalue weighted by Gasteiger charge is 2.35. The molecule has 4 aliphatic rings. The number of hydrogen-bond acceptors (Lipinski definition) is 7. The summed E-state index contributed by atoms with van der Waals surface area (Å²) in [5.41, 5.74) is 3.23. The molecule has 2 aliphatic carbocycles. The second-order valence-electron chi connectivity index (χ2n) is 10.8. The molecule has 11 heteroatoms. The zero-order valence-electron chi connectivity index (χ0n) is 21.6. The third-order valence-corrected chi connectivity index (χ3v) is 8.94. The third kappa shape index (κ3) is 5.08. The first kappa shape index (κ1) is 26.7. The lowest BCUT2D eigenvalue weighted by Crippen LogP contribution is -2.49. The highest BCUT2D eigenvalue weighted by molar-refractivity contribution is 7.90. The minimum Gasteiger partial charge on any atom is -0.447 e. The maximum Gasteiger partial charge on any atom is 0.414 e. The van der Waals surface area contributed by atoms with Crippen molar-refractivity contribution in [1.29, 1.82) is 0 Å². The maximum atomic E-state index is 13.5. The van der Waals surface area contributed by atoms with Crippen LogP contribution < -0.4 is 9.80 Å². The zero-order chi connectivity index (χ0) is 25.9. The number of amides is 2. The molecule has 0 N–H and O–H groups in total. The van der Waals surface area contributed by atoms with Crippen LogP contribution in [-0.2, 0) is 14.6 Å². The Morgan fingerprint density at radius 3 is 2.29 bits per heavy atom. The quantitative estimate of drug-likeness (QED) is 0.527. The SMILES string of the molecule is C[C@H]1COC(=O)N1c1ccc(C(=O)N2CCN(c3ncc(C4CC4)cc3C3CC3)CC2)c(S(C)(=O)=O)c1.Cl. The van der Waals surface area contributed by atoms with E-state index < -0.39 is 15.9 Å². The van der Waals surface area contributed by atoms with Gasteiger partial charge in [-0.05, 0) is 73.8 Å². The van der Waals surface area contributed by atoms with Gasteiger partial charge in [0.15, 0.2) is 9.84 Å². The number of hydrogen-bond donors (Lipinski definition) is 0. The van der Waals surface area contributed by atoms with E-state index in [0.717, 1.165) is 12.1 Å². The van der Waals surface area contributed by atoms with E-state index in [1.165, 1.54) is 53.8 Å². The summed E-state index contributed by atoms with van der Waals surface area (Å²) in [7, 11) is -3.72. The average molecular weight is 561 g/mol. The summed E-state index contributed by atoms with van der Waals surface area (Å²) in [6, 6.07) is 6.68. The van der Waals surface area contributed by atoms with E-state index in [2.05, 4.69) is 11.0 Å². The molecule has 0 unspecified atom stereocenters. The second-order valence-corrected chi connectivity index (χ2v) is 12.7. The van der Waals surface area contributed by atoms with Gasteiger partial charge in [-0.3, -0.25) is 9.69 Å². The van der Waals surface area contributed by atoms with E-state index in [1.807, 2.05) is 13.1 Å². The van der Waals surface area contributed by atoms with Gasteiger partial charge in [-0.15, -0.1) is 12.4 Å². The first-order valence-electron chi connectivity index (χ1n) is 13.0. The molecule has 2 amide bonds. The van der Waals surface area contributed by atoms with Crippen molar-refractivity contribution in [1.82, 2.24) is 9.88 Å². The number of carbonyl (C=O) groups excluding carboxylic acids is 2. The molecule has 1 aromatic heterocycles. The normalized spacial score (nSPS) is 21.8. The average Bonchev–Trinajstić information content (AvgIpc) is 3.81. The number of carbonyl (C=O) groups is 2. The smallest absolute Gasteiger partial charge is 0.414 e. The monoisotopic (exact) mass is 560 g/mol. The molecule has 6 rings (SSSR count). The zero-order valence-corrected chi connectivity index (χ0v) is 23.3. The van der Waals surface area contributed by atoms with Crippen LogP contribution in [0.4, 0.5) is 16.3 Å². The Balaban J connectivity index is 0.00000294. The molecule has 2 saturated heterocycles. The van der Waals surface area contributed by atoms with Gasteiger partial charge in [0.2, 0.25) is 0 Å². The molecule has 204 valence electrons. The van der Waals surface area contributed by atoms with Crippen LogP contribution in [0.25, 0.3) is 0 Å². The Hall–Kier alpha value is -2.85. The van der Waals surface area contributed by atoms with Gasteiger partial charge in [0.1, 0.15) is 12.4 Å². The number of halogens is 1. The van der Waals surface area contributed by atoms with E-state index in [0.29, 0.717) is 43.7 Å². The van der Waals surface area contributed by atoms with Gasteiger partial charge in [-0.1, -0.05) is 6.07 Å². The summed E-state index contributed by atoms with van der Waals surface area (Å²) < 4.78 is 30.4. The molecule has 1 aromatic carbocycles. The lowest BCUT2D eigenvalue weighted by Gasteiger charge is -2.36. The van der Waals surface area contributed by atoms with Crippen molar-refractivity contribution in [2.24, 2.45) is 0 Å². The fourth-order valence-corrected chi connectivity index (χ4v) is 6.29. The molecule has 38 heavy (non-hydrogen) atoms. The number of ether oxygens (including phenoxy) is 1. The lowest BCUT2D eigenvalue weighted by molar-refractivity contribution is 0.0742. The number of cyclic esters (lactones) is 1. The van der Waals surface area contributed by atoms with Crippen molar-refractivity contribution in [2.45, 2.75) is 55.4 Å². The second kappa shape index (κ2) is 10.0. The molecular formula is C27H33ClN4O5S. The number of anilines is 2. The summed E-state index contributed by atoms with van der Waals surface area (Å²) in [6.45, 7) is 4.31. The van der Waals surface area contributed by atoms with Gasteiger partial charge in [-0.25, -0.2) is 18.2 Å². The van der Waals surface area contributed by atoms with E-state index in [-0.39, 0.29) is 41.4 Å². The molecule has 2 aromatic rings. The van der Waals surface area contributed by atoms with Crippen LogP contribution in [0.1, 0.15) is 65.9 Å². The highest BCUT2D eigenvalue weighted by atomic mass is 35.5. The van der Waals surface area contributed by atoms with E-state index >= 15 is 0 Å². The summed E-state index contributed by atoms with van der Waals surface area (Å²) in [5.74, 6) is 1.98. The van der Waals surface area contributed by atoms with Gasteiger partial charge in [0.25, 0.3) is 5.91 Å². The highest BCUT2D eigenvalue weighted by Crippen LogP contribution is 2.47. The Morgan fingerprint density at radius 1 is 1.03 bits per heavy atom. The summed E-state index contributed by atoms with van der Waals surface area (Å²) >= 11 is 0. The summed E-state index contributed by atoms with van der Waals surface area (Å²) in [5, 5.41) is 0.